The Balaban J connectivity index is 1.04. The molecule has 50 heavy (non-hydrogen) atoms. The molecule has 4 heterocycles. The number of nitrogens with one attached hydrogen (secondary N) is 1. The number of fused-ring (bicyclic) bond motifs is 2. The Morgan fingerprint density at radius 1 is 0.680 bits per heavy atom. The van der Waals surface area contributed by atoms with Gasteiger partial charge in [-0.05, 0) is 80.1 Å². The van der Waals surface area contributed by atoms with Crippen LogP contribution in [0.15, 0.2) is 97.1 Å². The molecule has 8 rings (SSSR count). The van der Waals surface area contributed by atoms with Gasteiger partial charge < -0.3 is 20.2 Å². The molecule has 1 atom stereocenters. The maximum absolute atomic E-state index is 13.9. The molecule has 1 unspecified atom stereocenters. The van der Waals surface area contributed by atoms with Crippen LogP contribution >= 0.6 is 0 Å². The fourth-order valence-corrected chi connectivity index (χ4v) is 7.14. The van der Waals surface area contributed by atoms with Crippen molar-refractivity contribution in [1.82, 2.24) is 28.9 Å². The highest BCUT2D eigenvalue weighted by Gasteiger charge is 2.32. The summed E-state index contributed by atoms with van der Waals surface area (Å²) >= 11 is 0. The lowest BCUT2D eigenvalue weighted by atomic mass is 10.0. The molecule has 254 valence electrons. The fraction of sp³-hybridized carbons (Fsp3) is 0.250. The molecule has 10 heteroatoms. The average molecular weight is 671 g/mol. The number of aromatic nitrogens is 4. The molecule has 2 aliphatic heterocycles. The zero-order valence-corrected chi connectivity index (χ0v) is 28.3. The van der Waals surface area contributed by atoms with Gasteiger partial charge in [-0.25, -0.2) is 18.7 Å². The molecule has 0 saturated heterocycles. The molecule has 0 saturated carbocycles. The molecule has 6 aromatic rings. The molecule has 0 spiro atoms. The van der Waals surface area contributed by atoms with Gasteiger partial charge in [-0.2, -0.15) is 0 Å². The van der Waals surface area contributed by atoms with Crippen molar-refractivity contribution in [2.24, 2.45) is 0 Å². The number of nitrogens with zero attached hydrogens (tertiary/aromatic N) is 6. The smallest absolute Gasteiger partial charge is 0.138 e. The molecule has 0 bridgehead atoms. The number of aryl methyl sites for hydroxylation is 2. The molecule has 0 fully saturated rings. The molecule has 3 N–H and O–H groups in total. The van der Waals surface area contributed by atoms with Crippen molar-refractivity contribution in [2.45, 2.75) is 39.5 Å². The largest absolute Gasteiger partial charge is 0.383 e. The highest BCUT2D eigenvalue weighted by atomic mass is 19.1. The van der Waals surface area contributed by atoms with Crippen LogP contribution in [0.25, 0.3) is 22.5 Å². The number of rotatable bonds is 8. The molecule has 2 aromatic heterocycles. The van der Waals surface area contributed by atoms with E-state index < -0.39 is 0 Å². The average Bonchev–Trinajstić information content (AvgIpc) is 3.65. The van der Waals surface area contributed by atoms with Gasteiger partial charge in [0.2, 0.25) is 0 Å². The maximum Gasteiger partial charge on any atom is 0.138 e. The Morgan fingerprint density at radius 3 is 1.90 bits per heavy atom. The second-order valence-corrected chi connectivity index (χ2v) is 13.5. The van der Waals surface area contributed by atoms with Crippen LogP contribution in [-0.4, -0.2) is 55.1 Å². The summed E-state index contributed by atoms with van der Waals surface area (Å²) in [7, 11) is 0. The summed E-state index contributed by atoms with van der Waals surface area (Å²) < 4.78 is 32.0. The summed E-state index contributed by atoms with van der Waals surface area (Å²) in [5.74, 6) is 2.86. The maximum atomic E-state index is 13.9. The van der Waals surface area contributed by atoms with E-state index in [2.05, 4.69) is 86.6 Å². The van der Waals surface area contributed by atoms with Crippen LogP contribution in [0.3, 0.4) is 0 Å². The summed E-state index contributed by atoms with van der Waals surface area (Å²) in [5, 5.41) is 3.62. The van der Waals surface area contributed by atoms with Crippen LogP contribution in [0.4, 0.5) is 26.1 Å². The van der Waals surface area contributed by atoms with Crippen molar-refractivity contribution >= 4 is 17.3 Å². The van der Waals surface area contributed by atoms with Gasteiger partial charge in [0.15, 0.2) is 0 Å². The van der Waals surface area contributed by atoms with Crippen molar-refractivity contribution in [3.63, 3.8) is 0 Å². The van der Waals surface area contributed by atoms with Crippen LogP contribution in [-0.2, 0) is 19.6 Å². The summed E-state index contributed by atoms with van der Waals surface area (Å²) in [6.45, 7) is 9.69. The lowest BCUT2D eigenvalue weighted by Crippen LogP contribution is -2.44. The molecule has 0 aliphatic carbocycles. The summed E-state index contributed by atoms with van der Waals surface area (Å²) in [6.07, 6.45) is 0. The third-order valence-electron chi connectivity index (χ3n) is 9.92. The number of imidazole rings is 2. The normalized spacial score (nSPS) is 16.3. The van der Waals surface area contributed by atoms with E-state index in [0.717, 1.165) is 72.7 Å². The lowest BCUT2D eigenvalue weighted by molar-refractivity contribution is 0.146. The Labute approximate surface area is 290 Å². The van der Waals surface area contributed by atoms with Gasteiger partial charge in [0.1, 0.15) is 46.3 Å². The van der Waals surface area contributed by atoms with Crippen LogP contribution in [0, 0.1) is 25.5 Å². The Hall–Kier alpha value is -5.32. The first-order valence-corrected chi connectivity index (χ1v) is 17.1. The molecule has 8 nitrogen and oxygen atoms in total. The van der Waals surface area contributed by atoms with Crippen LogP contribution in [0.1, 0.15) is 34.4 Å². The monoisotopic (exact) mass is 670 g/mol. The zero-order chi connectivity index (χ0) is 34.4. The predicted molar refractivity (Wildman–Crippen MR) is 194 cm³/mol. The quantitative estimate of drug-likeness (QED) is 0.174. The van der Waals surface area contributed by atoms with Crippen molar-refractivity contribution in [3.05, 3.63) is 137 Å². The van der Waals surface area contributed by atoms with Gasteiger partial charge in [-0.15, -0.1) is 0 Å². The first-order valence-electron chi connectivity index (χ1n) is 17.1. The fourth-order valence-electron chi connectivity index (χ4n) is 7.14. The third-order valence-corrected chi connectivity index (χ3v) is 9.92. The number of nitrogens with two attached hydrogens (primary N) is 1. The van der Waals surface area contributed by atoms with E-state index in [1.165, 1.54) is 41.0 Å². The number of halogens is 2. The zero-order valence-electron chi connectivity index (χ0n) is 28.3. The Kier molecular flexibility index (Phi) is 8.42. The standard InChI is InChI=1S/C40H40F2N8/c1-26-3-7-28(8-4-26)34-23-48(25-36-46-37(39(43)50(34)36)29-9-13-31(41)14-10-29)20-19-47-21-22-49-35(24-47)45-38(30-11-15-32(42)16-12-30)40(49)44-33-17-5-27(2)6-18-33/h3-18,34,44H,19-25,43H2,1-2H3. The van der Waals surface area contributed by atoms with Gasteiger partial charge in [-0.1, -0.05) is 47.5 Å². The van der Waals surface area contributed by atoms with E-state index in [4.69, 9.17) is 15.7 Å². The number of hydrogen-bond acceptors (Lipinski definition) is 6. The SMILES string of the molecule is Cc1ccc(Nc2c(-c3ccc(F)cc3)nc3n2CCN(CCN2Cc4nc(-c5ccc(F)cc5)c(N)n4C(c4ccc(C)cc4)C2)C3)cc1. The lowest BCUT2D eigenvalue weighted by Gasteiger charge is -2.36. The minimum absolute atomic E-state index is 0.00465. The van der Waals surface area contributed by atoms with E-state index in [9.17, 15) is 8.78 Å². The molecule has 0 amide bonds. The first kappa shape index (κ1) is 31.9. The molecule has 2 aliphatic rings. The van der Waals surface area contributed by atoms with Gasteiger partial charge in [0.05, 0.1) is 19.1 Å². The van der Waals surface area contributed by atoms with E-state index in [1.54, 1.807) is 24.3 Å². The number of benzene rings is 4. The topological polar surface area (TPSA) is 80.2 Å². The molecule has 4 aromatic carbocycles. The highest BCUT2D eigenvalue weighted by molar-refractivity contribution is 5.77. The molecular weight excluding hydrogens is 630 g/mol. The Bertz CT molecular complexity index is 2120. The predicted octanol–water partition coefficient (Wildman–Crippen LogP) is 7.56. The summed E-state index contributed by atoms with van der Waals surface area (Å²) in [6, 6.07) is 29.9. The summed E-state index contributed by atoms with van der Waals surface area (Å²) in [5.41, 5.74) is 14.6. The first-order chi connectivity index (χ1) is 24.3. The van der Waals surface area contributed by atoms with E-state index in [0.29, 0.717) is 24.6 Å². The van der Waals surface area contributed by atoms with Crippen molar-refractivity contribution in [1.29, 1.82) is 0 Å². The van der Waals surface area contributed by atoms with Gasteiger partial charge in [0.25, 0.3) is 0 Å². The number of nitrogen functional groups attached to an aromatic ring is 1. The van der Waals surface area contributed by atoms with Gasteiger partial charge in [-0.3, -0.25) is 9.80 Å². The van der Waals surface area contributed by atoms with Crippen LogP contribution in [0.5, 0.6) is 0 Å². The van der Waals surface area contributed by atoms with Gasteiger partial charge in [0, 0.05) is 49.5 Å². The number of anilines is 3. The van der Waals surface area contributed by atoms with E-state index >= 15 is 0 Å². The molecule has 0 radical (unpaired) electrons. The molecular formula is C40H40F2N8. The minimum atomic E-state index is -0.286. The van der Waals surface area contributed by atoms with Crippen molar-refractivity contribution < 1.29 is 8.78 Å². The van der Waals surface area contributed by atoms with Crippen LogP contribution < -0.4 is 11.1 Å². The number of hydrogen-bond donors (Lipinski definition) is 2. The third kappa shape index (κ3) is 6.28. The second kappa shape index (κ2) is 13.2. The van der Waals surface area contributed by atoms with Crippen molar-refractivity contribution in [3.8, 4) is 22.5 Å². The van der Waals surface area contributed by atoms with Crippen LogP contribution in [0.2, 0.25) is 0 Å². The highest BCUT2D eigenvalue weighted by Crippen LogP contribution is 2.37. The second-order valence-electron chi connectivity index (χ2n) is 13.5. The van der Waals surface area contributed by atoms with Gasteiger partial charge >= 0.3 is 0 Å². The summed E-state index contributed by atoms with van der Waals surface area (Å²) in [4.78, 5) is 15.0. The minimum Gasteiger partial charge on any atom is -0.383 e. The van der Waals surface area contributed by atoms with E-state index in [-0.39, 0.29) is 17.7 Å². The Morgan fingerprint density at radius 2 is 1.24 bits per heavy atom. The van der Waals surface area contributed by atoms with Crippen molar-refractivity contribution in [2.75, 3.05) is 37.2 Å². The van der Waals surface area contributed by atoms with E-state index in [1.807, 2.05) is 0 Å².